The van der Waals surface area contributed by atoms with E-state index in [1.54, 1.807) is 25.1 Å². The first-order valence-corrected chi connectivity index (χ1v) is 11.1. The van der Waals surface area contributed by atoms with Gasteiger partial charge in [-0.2, -0.15) is 0 Å². The molecule has 0 saturated carbocycles. The Labute approximate surface area is 180 Å². The zero-order valence-electron chi connectivity index (χ0n) is 17.2. The smallest absolute Gasteiger partial charge is 0.338 e. The highest BCUT2D eigenvalue weighted by Crippen LogP contribution is 2.31. The Kier molecular flexibility index (Phi) is 7.33. The van der Waals surface area contributed by atoms with Crippen LogP contribution < -0.4 is 14.4 Å². The maximum Gasteiger partial charge on any atom is 0.338 e. The van der Waals surface area contributed by atoms with Gasteiger partial charge in [0.1, 0.15) is 11.8 Å². The summed E-state index contributed by atoms with van der Waals surface area (Å²) in [5.74, 6) is -0.749. The molecule has 0 saturated heterocycles. The van der Waals surface area contributed by atoms with Crippen molar-refractivity contribution in [3.05, 3.63) is 52.5 Å². The molecule has 10 heteroatoms. The second-order valence-electron chi connectivity index (χ2n) is 6.51. The molecule has 1 amide bonds. The second-order valence-corrected chi connectivity index (χ2v) is 8.78. The van der Waals surface area contributed by atoms with Crippen molar-refractivity contribution in [2.45, 2.75) is 19.9 Å². The van der Waals surface area contributed by atoms with Gasteiger partial charge in [-0.1, -0.05) is 17.7 Å². The maximum atomic E-state index is 12.9. The average molecular weight is 455 g/mol. The lowest BCUT2D eigenvalue weighted by Gasteiger charge is -2.28. The Balaban J connectivity index is 2.38. The van der Waals surface area contributed by atoms with Crippen molar-refractivity contribution in [1.29, 1.82) is 0 Å². The first-order valence-electron chi connectivity index (χ1n) is 8.83. The Bertz CT molecular complexity index is 1070. The summed E-state index contributed by atoms with van der Waals surface area (Å²) in [6.07, 6.45) is 0.998. The molecule has 2 aromatic carbocycles. The lowest BCUT2D eigenvalue weighted by atomic mass is 10.1. The molecule has 0 bridgehead atoms. The molecule has 0 aliphatic heterocycles. The van der Waals surface area contributed by atoms with E-state index in [4.69, 9.17) is 21.1 Å². The second kappa shape index (κ2) is 9.36. The van der Waals surface area contributed by atoms with Crippen molar-refractivity contribution < 1.29 is 27.5 Å². The first kappa shape index (κ1) is 23.5. The molecule has 0 aliphatic rings. The molecule has 2 aromatic rings. The van der Waals surface area contributed by atoms with Gasteiger partial charge in [-0.05, 0) is 49.7 Å². The van der Waals surface area contributed by atoms with E-state index < -0.39 is 27.9 Å². The largest absolute Gasteiger partial charge is 0.495 e. The molecule has 30 heavy (non-hydrogen) atoms. The highest BCUT2D eigenvalue weighted by Gasteiger charge is 2.30. The number of carbonyl (C=O) groups excluding carboxylic acids is 2. The van der Waals surface area contributed by atoms with E-state index in [1.807, 2.05) is 0 Å². The molecule has 1 atom stereocenters. The Morgan fingerprint density at radius 1 is 1.17 bits per heavy atom. The van der Waals surface area contributed by atoms with Gasteiger partial charge in [0.2, 0.25) is 15.9 Å². The van der Waals surface area contributed by atoms with Crippen LogP contribution in [0, 0.1) is 6.92 Å². The van der Waals surface area contributed by atoms with E-state index in [0.717, 1.165) is 10.6 Å². The van der Waals surface area contributed by atoms with Gasteiger partial charge in [-0.15, -0.1) is 0 Å². The summed E-state index contributed by atoms with van der Waals surface area (Å²) in [5.41, 5.74) is 1.38. The van der Waals surface area contributed by atoms with Gasteiger partial charge >= 0.3 is 5.97 Å². The number of amides is 1. The molecule has 0 unspecified atom stereocenters. The van der Waals surface area contributed by atoms with Crippen LogP contribution in [0.2, 0.25) is 5.02 Å². The SMILES string of the molecule is COC(=O)c1cccc(NC(=O)[C@@H](C)N(c2ccc(OC)c(Cl)c2)S(C)(=O)=O)c1C. The molecule has 162 valence electrons. The summed E-state index contributed by atoms with van der Waals surface area (Å²) >= 11 is 6.13. The minimum absolute atomic E-state index is 0.206. The van der Waals surface area contributed by atoms with E-state index in [9.17, 15) is 18.0 Å². The van der Waals surface area contributed by atoms with E-state index in [1.165, 1.54) is 39.3 Å². The molecule has 0 spiro atoms. The number of ether oxygens (including phenoxy) is 2. The van der Waals surface area contributed by atoms with Gasteiger partial charge in [0.05, 0.1) is 36.7 Å². The summed E-state index contributed by atoms with van der Waals surface area (Å²) < 4.78 is 35.7. The predicted octanol–water partition coefficient (Wildman–Crippen LogP) is 3.24. The number of methoxy groups -OCH3 is 2. The van der Waals surface area contributed by atoms with Crippen molar-refractivity contribution in [2.75, 3.05) is 30.1 Å². The summed E-state index contributed by atoms with van der Waals surface area (Å²) in [5, 5.41) is 2.88. The number of carbonyl (C=O) groups is 2. The number of hydrogen-bond donors (Lipinski definition) is 1. The molecular weight excluding hydrogens is 432 g/mol. The third-order valence-electron chi connectivity index (χ3n) is 4.48. The Morgan fingerprint density at radius 2 is 1.83 bits per heavy atom. The van der Waals surface area contributed by atoms with Gasteiger partial charge in [0, 0.05) is 5.69 Å². The van der Waals surface area contributed by atoms with Gasteiger partial charge in [0.25, 0.3) is 0 Å². The molecule has 0 heterocycles. The predicted molar refractivity (Wildman–Crippen MR) is 116 cm³/mol. The summed E-state index contributed by atoms with van der Waals surface area (Å²) in [6, 6.07) is 8.10. The van der Waals surface area contributed by atoms with Gasteiger partial charge < -0.3 is 14.8 Å². The normalized spacial score (nSPS) is 12.1. The van der Waals surface area contributed by atoms with Crippen molar-refractivity contribution in [1.82, 2.24) is 0 Å². The summed E-state index contributed by atoms with van der Waals surface area (Å²) in [7, 11) is -1.12. The number of anilines is 2. The van der Waals surface area contributed by atoms with Crippen LogP contribution in [0.5, 0.6) is 5.75 Å². The zero-order chi connectivity index (χ0) is 22.6. The third kappa shape index (κ3) is 5.03. The van der Waals surface area contributed by atoms with Gasteiger partial charge in [-0.3, -0.25) is 9.10 Å². The van der Waals surface area contributed by atoms with Crippen LogP contribution in [0.15, 0.2) is 36.4 Å². The third-order valence-corrected chi connectivity index (χ3v) is 6.01. The number of rotatable bonds is 7. The first-order chi connectivity index (χ1) is 14.0. The van der Waals surface area contributed by atoms with E-state index in [0.29, 0.717) is 22.6 Å². The minimum atomic E-state index is -3.83. The van der Waals surface area contributed by atoms with Crippen LogP contribution in [0.4, 0.5) is 11.4 Å². The highest BCUT2D eigenvalue weighted by atomic mass is 35.5. The quantitative estimate of drug-likeness (QED) is 0.644. The van der Waals surface area contributed by atoms with Crippen LogP contribution in [-0.4, -0.2) is 46.8 Å². The highest BCUT2D eigenvalue weighted by molar-refractivity contribution is 7.92. The van der Waals surface area contributed by atoms with Crippen molar-refractivity contribution in [3.8, 4) is 5.75 Å². The Hall–Kier alpha value is -2.78. The number of nitrogens with zero attached hydrogens (tertiary/aromatic N) is 1. The zero-order valence-corrected chi connectivity index (χ0v) is 18.8. The van der Waals surface area contributed by atoms with Crippen molar-refractivity contribution >= 4 is 44.9 Å². The number of halogens is 1. The summed E-state index contributed by atoms with van der Waals surface area (Å²) in [6.45, 7) is 3.11. The van der Waals surface area contributed by atoms with Crippen LogP contribution in [0.3, 0.4) is 0 Å². The van der Waals surface area contributed by atoms with Crippen LogP contribution >= 0.6 is 11.6 Å². The molecule has 8 nitrogen and oxygen atoms in total. The number of benzene rings is 2. The van der Waals surface area contributed by atoms with Crippen LogP contribution in [0.1, 0.15) is 22.8 Å². The maximum absolute atomic E-state index is 12.9. The average Bonchev–Trinajstić information content (AvgIpc) is 2.68. The molecule has 0 aromatic heterocycles. The van der Waals surface area contributed by atoms with E-state index in [2.05, 4.69) is 5.32 Å². The van der Waals surface area contributed by atoms with Crippen LogP contribution in [0.25, 0.3) is 0 Å². The van der Waals surface area contributed by atoms with Gasteiger partial charge in [-0.25, -0.2) is 13.2 Å². The molecular formula is C20H23ClN2O6S. The number of hydrogen-bond acceptors (Lipinski definition) is 6. The van der Waals surface area contributed by atoms with Gasteiger partial charge in [0.15, 0.2) is 0 Å². The molecule has 2 rings (SSSR count). The number of esters is 1. The molecule has 0 radical (unpaired) electrons. The fourth-order valence-corrected chi connectivity index (χ4v) is 4.36. The fraction of sp³-hybridized carbons (Fsp3) is 0.300. The van der Waals surface area contributed by atoms with Crippen LogP contribution in [-0.2, 0) is 19.6 Å². The fourth-order valence-electron chi connectivity index (χ4n) is 2.94. The standard InChI is InChI=1S/C20H23ClN2O6S/c1-12-15(20(25)29-4)7-6-8-17(12)22-19(24)13(2)23(30(5,26)27)14-9-10-18(28-3)16(21)11-14/h6-11,13H,1-5H3,(H,22,24)/t13-/m1/s1. The number of nitrogens with one attached hydrogen (secondary N) is 1. The van der Waals surface area contributed by atoms with E-state index in [-0.39, 0.29) is 10.7 Å². The van der Waals surface area contributed by atoms with Crippen molar-refractivity contribution in [3.63, 3.8) is 0 Å². The molecule has 1 N–H and O–H groups in total. The lowest BCUT2D eigenvalue weighted by molar-refractivity contribution is -0.116. The summed E-state index contributed by atoms with van der Waals surface area (Å²) in [4.78, 5) is 24.8. The number of sulfonamides is 1. The monoisotopic (exact) mass is 454 g/mol. The Morgan fingerprint density at radius 3 is 2.37 bits per heavy atom. The minimum Gasteiger partial charge on any atom is -0.495 e. The van der Waals surface area contributed by atoms with E-state index >= 15 is 0 Å². The topological polar surface area (TPSA) is 102 Å². The molecule has 0 fully saturated rings. The van der Waals surface area contributed by atoms with Crippen molar-refractivity contribution in [2.24, 2.45) is 0 Å². The lowest BCUT2D eigenvalue weighted by Crippen LogP contribution is -2.45. The molecule has 0 aliphatic carbocycles.